The molecule has 0 aliphatic heterocycles. The summed E-state index contributed by atoms with van der Waals surface area (Å²) in [6, 6.07) is 11.0. The van der Waals surface area contributed by atoms with E-state index in [4.69, 9.17) is 4.74 Å². The number of ether oxygens (including phenoxy) is 1. The minimum Gasteiger partial charge on any atom is -0.478 e. The summed E-state index contributed by atoms with van der Waals surface area (Å²) in [6.07, 6.45) is 3.54. The van der Waals surface area contributed by atoms with Gasteiger partial charge in [-0.2, -0.15) is 10.1 Å². The van der Waals surface area contributed by atoms with Crippen LogP contribution in [0.15, 0.2) is 47.6 Å². The lowest BCUT2D eigenvalue weighted by Crippen LogP contribution is -2.19. The van der Waals surface area contributed by atoms with Gasteiger partial charge in [0.15, 0.2) is 0 Å². The molecule has 1 aromatic carbocycles. The van der Waals surface area contributed by atoms with Gasteiger partial charge < -0.3 is 4.74 Å². The number of hydrogen-bond donors (Lipinski definition) is 1. The van der Waals surface area contributed by atoms with Crippen molar-refractivity contribution in [2.75, 3.05) is 6.61 Å². The van der Waals surface area contributed by atoms with Crippen LogP contribution in [0.2, 0.25) is 0 Å². The average Bonchev–Trinajstić information content (AvgIpc) is 2.61. The Balaban J connectivity index is 2.28. The van der Waals surface area contributed by atoms with E-state index in [9.17, 15) is 4.79 Å². The second-order valence-electron chi connectivity index (χ2n) is 5.69. The topological polar surface area (TPSA) is 68.5 Å². The van der Waals surface area contributed by atoms with E-state index in [0.29, 0.717) is 23.1 Å². The van der Waals surface area contributed by atoms with Gasteiger partial charge in [0.2, 0.25) is 5.88 Å². The molecule has 0 atom stereocenters. The number of nitrogens with zero attached hydrogens (tertiary/aromatic N) is 3. The zero-order chi connectivity index (χ0) is 18.1. The van der Waals surface area contributed by atoms with Gasteiger partial charge in [0.1, 0.15) is 0 Å². The van der Waals surface area contributed by atoms with Crippen LogP contribution in [-0.4, -0.2) is 27.7 Å². The standard InChI is InChI=1S/C18H24N4O2S/c1-4-5-11-24-17-12-15(20-18(23)21-25-14(2)3)13-19-22(17)16-9-7-6-8-10-16/h6-10,12-14H,4-5,11H2,1-3H3,(H,21,23)/b20-15+. The van der Waals surface area contributed by atoms with Crippen LogP contribution in [0.5, 0.6) is 5.88 Å². The number of nitrogens with one attached hydrogen (secondary N) is 1. The molecular weight excluding hydrogens is 336 g/mol. The zero-order valence-corrected chi connectivity index (χ0v) is 15.6. The minimum absolute atomic E-state index is 0.293. The number of benzene rings is 1. The first kappa shape index (κ1) is 19.1. The van der Waals surface area contributed by atoms with Crippen LogP contribution < -0.4 is 14.8 Å². The third-order valence-electron chi connectivity index (χ3n) is 3.15. The first-order valence-electron chi connectivity index (χ1n) is 8.38. The van der Waals surface area contributed by atoms with Crippen molar-refractivity contribution >= 4 is 18.0 Å². The van der Waals surface area contributed by atoms with Crippen molar-refractivity contribution in [2.45, 2.75) is 38.9 Å². The third kappa shape index (κ3) is 6.26. The molecule has 0 aliphatic rings. The van der Waals surface area contributed by atoms with Crippen molar-refractivity contribution in [1.82, 2.24) is 14.5 Å². The fourth-order valence-corrected chi connectivity index (χ4v) is 2.34. The van der Waals surface area contributed by atoms with Gasteiger partial charge in [-0.25, -0.2) is 9.48 Å². The van der Waals surface area contributed by atoms with E-state index in [1.807, 2.05) is 44.2 Å². The molecule has 1 aromatic heterocycles. The number of carbonyl (C=O) groups excluding carboxylic acids is 1. The van der Waals surface area contributed by atoms with Gasteiger partial charge in [0.25, 0.3) is 0 Å². The normalized spacial score (nSPS) is 11.6. The van der Waals surface area contributed by atoms with E-state index in [2.05, 4.69) is 21.7 Å². The molecule has 0 unspecified atom stereocenters. The van der Waals surface area contributed by atoms with Gasteiger partial charge in [-0.1, -0.05) is 45.4 Å². The van der Waals surface area contributed by atoms with Gasteiger partial charge in [-0.05, 0) is 30.5 Å². The van der Waals surface area contributed by atoms with E-state index < -0.39 is 6.03 Å². The molecule has 1 N–H and O–H groups in total. The van der Waals surface area contributed by atoms with Gasteiger partial charge >= 0.3 is 6.03 Å². The van der Waals surface area contributed by atoms with E-state index in [0.717, 1.165) is 18.5 Å². The Morgan fingerprint density at radius 1 is 1.36 bits per heavy atom. The lowest BCUT2D eigenvalue weighted by Gasteiger charge is -2.13. The van der Waals surface area contributed by atoms with Gasteiger partial charge in [-0.15, -0.1) is 0 Å². The van der Waals surface area contributed by atoms with Crippen LogP contribution >= 0.6 is 11.9 Å². The number of hydrogen-bond acceptors (Lipinski definition) is 4. The highest BCUT2D eigenvalue weighted by molar-refractivity contribution is 7.98. The minimum atomic E-state index is -0.405. The molecular formula is C18H24N4O2S. The van der Waals surface area contributed by atoms with Crippen LogP contribution in [0.1, 0.15) is 33.6 Å². The van der Waals surface area contributed by atoms with E-state index in [1.54, 1.807) is 16.9 Å². The SMILES string of the molecule is CCCCOc1c/c(=N\C(=O)NSC(C)C)cnn1-c1ccccc1. The molecule has 0 saturated carbocycles. The summed E-state index contributed by atoms with van der Waals surface area (Å²) >= 11 is 1.33. The second kappa shape index (κ2) is 9.88. The molecule has 0 radical (unpaired) electrons. The molecule has 1 heterocycles. The Bertz CT molecular complexity index is 744. The van der Waals surface area contributed by atoms with Crippen LogP contribution in [0.25, 0.3) is 5.69 Å². The van der Waals surface area contributed by atoms with E-state index in [-0.39, 0.29) is 0 Å². The number of urea groups is 1. The molecule has 7 heteroatoms. The average molecular weight is 360 g/mol. The molecule has 0 spiro atoms. The van der Waals surface area contributed by atoms with Crippen molar-refractivity contribution in [1.29, 1.82) is 0 Å². The summed E-state index contributed by atoms with van der Waals surface area (Å²) in [5.41, 5.74) is 0.889. The predicted octanol–water partition coefficient (Wildman–Crippen LogP) is 3.72. The highest BCUT2D eigenvalue weighted by Gasteiger charge is 2.06. The summed E-state index contributed by atoms with van der Waals surface area (Å²) < 4.78 is 10.2. The molecule has 25 heavy (non-hydrogen) atoms. The Morgan fingerprint density at radius 3 is 2.80 bits per heavy atom. The lowest BCUT2D eigenvalue weighted by molar-refractivity contribution is 0.253. The smallest absolute Gasteiger partial charge is 0.351 e. The maximum Gasteiger partial charge on any atom is 0.351 e. The van der Waals surface area contributed by atoms with Crippen molar-refractivity contribution in [3.8, 4) is 11.6 Å². The molecule has 2 rings (SSSR count). The summed E-state index contributed by atoms with van der Waals surface area (Å²) in [6.45, 7) is 6.69. The van der Waals surface area contributed by atoms with E-state index >= 15 is 0 Å². The monoisotopic (exact) mass is 360 g/mol. The van der Waals surface area contributed by atoms with Gasteiger partial charge in [0, 0.05) is 11.3 Å². The molecule has 2 aromatic rings. The number of para-hydroxylation sites is 1. The van der Waals surface area contributed by atoms with Crippen molar-refractivity contribution in [3.05, 3.63) is 48.0 Å². The number of aromatic nitrogens is 2. The molecule has 6 nitrogen and oxygen atoms in total. The molecule has 134 valence electrons. The molecule has 0 saturated heterocycles. The fraction of sp³-hybridized carbons (Fsp3) is 0.389. The number of amides is 2. The van der Waals surface area contributed by atoms with Crippen LogP contribution in [0, 0.1) is 0 Å². The Morgan fingerprint density at radius 2 is 2.12 bits per heavy atom. The Kier molecular flexibility index (Phi) is 7.53. The largest absolute Gasteiger partial charge is 0.478 e. The quantitative estimate of drug-likeness (QED) is 0.603. The second-order valence-corrected chi connectivity index (χ2v) is 7.07. The van der Waals surface area contributed by atoms with Gasteiger partial charge in [0.05, 0.1) is 23.8 Å². The highest BCUT2D eigenvalue weighted by atomic mass is 32.2. The summed E-state index contributed by atoms with van der Waals surface area (Å²) in [7, 11) is 0. The zero-order valence-electron chi connectivity index (χ0n) is 14.8. The lowest BCUT2D eigenvalue weighted by atomic mass is 10.3. The molecule has 0 fully saturated rings. The maximum atomic E-state index is 11.9. The van der Waals surface area contributed by atoms with Crippen molar-refractivity contribution < 1.29 is 9.53 Å². The summed E-state index contributed by atoms with van der Waals surface area (Å²) in [5.74, 6) is 0.560. The Hall–Kier alpha value is -2.28. The first-order valence-corrected chi connectivity index (χ1v) is 9.26. The van der Waals surface area contributed by atoms with Crippen molar-refractivity contribution in [3.63, 3.8) is 0 Å². The van der Waals surface area contributed by atoms with Crippen LogP contribution in [-0.2, 0) is 0 Å². The summed E-state index contributed by atoms with van der Waals surface area (Å²) in [5, 5.41) is 5.14. The number of unbranched alkanes of at least 4 members (excludes halogenated alkanes) is 1. The maximum absolute atomic E-state index is 11.9. The highest BCUT2D eigenvalue weighted by Crippen LogP contribution is 2.14. The third-order valence-corrected chi connectivity index (χ3v) is 3.91. The van der Waals surface area contributed by atoms with Crippen LogP contribution in [0.3, 0.4) is 0 Å². The number of carbonyl (C=O) groups is 1. The van der Waals surface area contributed by atoms with Crippen molar-refractivity contribution in [2.24, 2.45) is 4.99 Å². The predicted molar refractivity (Wildman–Crippen MR) is 101 cm³/mol. The Labute approximate surface area is 152 Å². The molecule has 2 amide bonds. The van der Waals surface area contributed by atoms with Crippen LogP contribution in [0.4, 0.5) is 4.79 Å². The molecule has 0 bridgehead atoms. The fourth-order valence-electron chi connectivity index (χ4n) is 1.96. The molecule has 0 aliphatic carbocycles. The first-order chi connectivity index (χ1) is 12.1. The van der Waals surface area contributed by atoms with E-state index in [1.165, 1.54) is 11.9 Å². The number of rotatable bonds is 7. The van der Waals surface area contributed by atoms with Gasteiger partial charge in [-0.3, -0.25) is 4.72 Å². The summed E-state index contributed by atoms with van der Waals surface area (Å²) in [4.78, 5) is 15.9.